The number of aromatic nitrogens is 4. The summed E-state index contributed by atoms with van der Waals surface area (Å²) in [4.78, 5) is 31.5. The first-order valence-corrected chi connectivity index (χ1v) is 12.2. The fourth-order valence-corrected chi connectivity index (χ4v) is 4.52. The van der Waals surface area contributed by atoms with Crippen LogP contribution in [0.25, 0.3) is 11.2 Å². The molecule has 0 aliphatic heterocycles. The molecular formula is C23H32N4O4S. The number of benzene rings is 1. The molecule has 0 saturated heterocycles. The number of para-hydroxylation sites is 1. The first kappa shape index (κ1) is 24.1. The number of unbranched alkanes of at least 4 members (excludes halogenated alkanes) is 5. The maximum Gasteiger partial charge on any atom is 0.329 e. The number of thioether (sulfide) groups is 1. The lowest BCUT2D eigenvalue weighted by Crippen LogP contribution is -2.30. The first-order chi connectivity index (χ1) is 15.5. The van der Waals surface area contributed by atoms with Crippen LogP contribution in [0.1, 0.15) is 45.4 Å². The van der Waals surface area contributed by atoms with E-state index in [0.717, 1.165) is 18.6 Å². The van der Waals surface area contributed by atoms with E-state index in [9.17, 15) is 14.7 Å². The Balaban J connectivity index is 1.74. The largest absolute Gasteiger partial charge is 0.491 e. The van der Waals surface area contributed by atoms with Crippen molar-refractivity contribution in [1.29, 1.82) is 0 Å². The zero-order valence-electron chi connectivity index (χ0n) is 18.7. The van der Waals surface area contributed by atoms with E-state index in [1.807, 2.05) is 30.3 Å². The zero-order valence-corrected chi connectivity index (χ0v) is 19.6. The number of ether oxygens (including phenoxy) is 1. The predicted octanol–water partition coefficient (Wildman–Crippen LogP) is 3.32. The number of nitrogens with zero attached hydrogens (tertiary/aromatic N) is 3. The Labute approximate surface area is 191 Å². The summed E-state index contributed by atoms with van der Waals surface area (Å²) in [6, 6.07) is 9.26. The van der Waals surface area contributed by atoms with Crippen molar-refractivity contribution in [3.63, 3.8) is 0 Å². The highest BCUT2D eigenvalue weighted by Crippen LogP contribution is 2.23. The van der Waals surface area contributed by atoms with Gasteiger partial charge in [0.1, 0.15) is 18.5 Å². The average molecular weight is 461 g/mol. The van der Waals surface area contributed by atoms with Gasteiger partial charge in [0.2, 0.25) is 0 Å². The van der Waals surface area contributed by atoms with Crippen molar-refractivity contribution in [2.75, 3.05) is 12.4 Å². The summed E-state index contributed by atoms with van der Waals surface area (Å²) in [5.41, 5.74) is -0.401. The Morgan fingerprint density at radius 3 is 2.59 bits per heavy atom. The van der Waals surface area contributed by atoms with Gasteiger partial charge < -0.3 is 14.4 Å². The molecule has 1 aromatic carbocycles. The summed E-state index contributed by atoms with van der Waals surface area (Å²) >= 11 is 1.55. The molecule has 9 heteroatoms. The van der Waals surface area contributed by atoms with Gasteiger partial charge in [-0.2, -0.15) is 0 Å². The smallest absolute Gasteiger partial charge is 0.329 e. The second-order valence-electron chi connectivity index (χ2n) is 7.89. The van der Waals surface area contributed by atoms with E-state index < -0.39 is 17.4 Å². The fraction of sp³-hybridized carbons (Fsp3) is 0.522. The summed E-state index contributed by atoms with van der Waals surface area (Å²) in [5, 5.41) is 11.2. The van der Waals surface area contributed by atoms with Gasteiger partial charge in [0.15, 0.2) is 16.3 Å². The Hall–Kier alpha value is -2.52. The van der Waals surface area contributed by atoms with Crippen LogP contribution in [0.15, 0.2) is 45.1 Å². The third kappa shape index (κ3) is 6.26. The quantitative estimate of drug-likeness (QED) is 0.300. The maximum atomic E-state index is 12.6. The molecule has 2 heterocycles. The molecule has 0 unspecified atom stereocenters. The molecule has 3 rings (SSSR count). The number of aryl methyl sites for hydroxylation is 1. The van der Waals surface area contributed by atoms with E-state index in [0.29, 0.717) is 16.6 Å². The van der Waals surface area contributed by atoms with E-state index in [4.69, 9.17) is 4.74 Å². The fourth-order valence-electron chi connectivity index (χ4n) is 3.51. The van der Waals surface area contributed by atoms with Gasteiger partial charge in [-0.25, -0.2) is 9.78 Å². The topological polar surface area (TPSA) is 102 Å². The van der Waals surface area contributed by atoms with E-state index in [-0.39, 0.29) is 18.7 Å². The van der Waals surface area contributed by atoms with Gasteiger partial charge in [-0.3, -0.25) is 14.3 Å². The third-order valence-electron chi connectivity index (χ3n) is 5.28. The van der Waals surface area contributed by atoms with Crippen molar-refractivity contribution < 1.29 is 9.84 Å². The second-order valence-corrected chi connectivity index (χ2v) is 8.95. The van der Waals surface area contributed by atoms with E-state index in [1.54, 1.807) is 23.4 Å². The predicted molar refractivity (Wildman–Crippen MR) is 128 cm³/mol. The molecule has 32 heavy (non-hydrogen) atoms. The lowest BCUT2D eigenvalue weighted by atomic mass is 10.1. The van der Waals surface area contributed by atoms with Crippen molar-refractivity contribution in [1.82, 2.24) is 19.1 Å². The van der Waals surface area contributed by atoms with Crippen LogP contribution in [0, 0.1) is 0 Å². The van der Waals surface area contributed by atoms with Crippen molar-refractivity contribution >= 4 is 22.9 Å². The number of nitrogens with one attached hydrogen (secondary N) is 1. The molecule has 0 bridgehead atoms. The number of H-pyrrole nitrogens is 1. The number of aliphatic hydroxyl groups excluding tert-OH is 1. The molecule has 3 aromatic rings. The maximum absolute atomic E-state index is 12.6. The molecule has 8 nitrogen and oxygen atoms in total. The number of rotatable bonds is 13. The minimum atomic E-state index is -0.849. The Kier molecular flexibility index (Phi) is 8.99. The Morgan fingerprint density at radius 1 is 1.12 bits per heavy atom. The molecule has 0 spiro atoms. The highest BCUT2D eigenvalue weighted by Gasteiger charge is 2.20. The van der Waals surface area contributed by atoms with Crippen molar-refractivity contribution in [3.8, 4) is 5.75 Å². The summed E-state index contributed by atoms with van der Waals surface area (Å²) in [6.07, 6.45) is 6.31. The number of aliphatic hydroxyl groups is 1. The van der Waals surface area contributed by atoms with Crippen molar-refractivity contribution in [3.05, 3.63) is 51.2 Å². The summed E-state index contributed by atoms with van der Waals surface area (Å²) in [6.45, 7) is 2.42. The Bertz CT molecular complexity index is 1110. The standard InChI is InChI=1S/C23H32N4O4S/c1-3-4-5-6-7-11-14-32-23-24-20-19(21(29)25-22(30)26(20)2)27(23)15-17(28)16-31-18-12-9-8-10-13-18/h8-10,12-13,17,28H,3-7,11,14-16H2,1-2H3,(H,25,29,30)/t17-/m1/s1. The average Bonchev–Trinajstić information content (AvgIpc) is 3.15. The third-order valence-corrected chi connectivity index (χ3v) is 6.34. The van der Waals surface area contributed by atoms with Crippen molar-refractivity contribution in [2.45, 2.75) is 63.3 Å². The normalized spacial score (nSPS) is 12.3. The highest BCUT2D eigenvalue weighted by molar-refractivity contribution is 7.99. The number of hydrogen-bond acceptors (Lipinski definition) is 6. The number of hydrogen-bond donors (Lipinski definition) is 2. The van der Waals surface area contributed by atoms with Crippen LogP contribution in [0.2, 0.25) is 0 Å². The van der Waals surface area contributed by atoms with E-state index >= 15 is 0 Å². The van der Waals surface area contributed by atoms with Crippen molar-refractivity contribution in [2.24, 2.45) is 7.05 Å². The Morgan fingerprint density at radius 2 is 1.84 bits per heavy atom. The molecule has 0 fully saturated rings. The van der Waals surface area contributed by atoms with Gasteiger partial charge in [0.05, 0.1) is 6.54 Å². The van der Waals surface area contributed by atoms with Crippen LogP contribution in [0.4, 0.5) is 0 Å². The molecular weight excluding hydrogens is 428 g/mol. The monoisotopic (exact) mass is 460 g/mol. The second kappa shape index (κ2) is 11.9. The van der Waals surface area contributed by atoms with Gasteiger partial charge in [-0.15, -0.1) is 0 Å². The molecule has 174 valence electrons. The summed E-state index contributed by atoms with van der Waals surface area (Å²) < 4.78 is 8.69. The van der Waals surface area contributed by atoms with Crippen LogP contribution < -0.4 is 16.0 Å². The number of aromatic amines is 1. The molecule has 0 amide bonds. The molecule has 0 aliphatic rings. The van der Waals surface area contributed by atoms with E-state index in [2.05, 4.69) is 16.9 Å². The molecule has 2 N–H and O–H groups in total. The van der Waals surface area contributed by atoms with Gasteiger partial charge >= 0.3 is 5.69 Å². The zero-order chi connectivity index (χ0) is 22.9. The van der Waals surface area contributed by atoms with Gasteiger partial charge in [0.25, 0.3) is 5.56 Å². The number of imidazole rings is 1. The van der Waals surface area contributed by atoms with Gasteiger partial charge in [-0.1, -0.05) is 69.0 Å². The molecule has 0 saturated carbocycles. The van der Waals surface area contributed by atoms with Crippen LogP contribution >= 0.6 is 11.8 Å². The van der Waals surface area contributed by atoms with Crippen LogP contribution in [-0.4, -0.2) is 42.7 Å². The van der Waals surface area contributed by atoms with E-state index in [1.165, 1.54) is 30.3 Å². The summed E-state index contributed by atoms with van der Waals surface area (Å²) in [5.74, 6) is 1.53. The molecule has 0 radical (unpaired) electrons. The summed E-state index contributed by atoms with van der Waals surface area (Å²) in [7, 11) is 1.58. The minimum Gasteiger partial charge on any atom is -0.491 e. The lowest BCUT2D eigenvalue weighted by molar-refractivity contribution is 0.0914. The van der Waals surface area contributed by atoms with Gasteiger partial charge in [0, 0.05) is 12.8 Å². The molecule has 1 atom stereocenters. The van der Waals surface area contributed by atoms with Gasteiger partial charge in [-0.05, 0) is 18.6 Å². The lowest BCUT2D eigenvalue weighted by Gasteiger charge is -2.15. The van der Waals surface area contributed by atoms with Crippen LogP contribution in [0.3, 0.4) is 0 Å². The SMILES string of the molecule is CCCCCCCCSc1nc2c(c(=O)[nH]c(=O)n2C)n1C[C@@H](O)COc1ccccc1. The molecule has 2 aromatic heterocycles. The first-order valence-electron chi connectivity index (χ1n) is 11.2. The number of fused-ring (bicyclic) bond motifs is 1. The highest BCUT2D eigenvalue weighted by atomic mass is 32.2. The molecule has 0 aliphatic carbocycles. The van der Waals surface area contributed by atoms with Crippen LogP contribution in [-0.2, 0) is 13.6 Å². The van der Waals surface area contributed by atoms with Crippen LogP contribution in [0.5, 0.6) is 5.75 Å². The minimum absolute atomic E-state index is 0.0783.